The molecule has 3 aliphatic rings. The summed E-state index contributed by atoms with van der Waals surface area (Å²) in [6.07, 6.45) is 3.22. The van der Waals surface area contributed by atoms with Gasteiger partial charge in [-0.1, -0.05) is 89.9 Å². The standard InChI is InChI=1S/C43H35Cl2N3O5/c1-52-32-15-13-28(39(24-32)53-25-29-12-14-30(44)21-38(29)45)20-37-41(49)46-43(51)48(42(37)50)31-22-35-33(26-8-4-2-5-9-26)16-18-47-19-17-34(36(23-31)40(35)47)27-10-6-3-7-11-27/h2-15,20-24,33-34H,16-19,25H2,1H3,(H,46,49,51)/b37-20+/t33-,34+. The molecule has 1 saturated heterocycles. The smallest absolute Gasteiger partial charge is 0.335 e. The molecule has 0 aromatic heterocycles. The molecular formula is C43H35Cl2N3O5. The Labute approximate surface area is 317 Å². The SMILES string of the molecule is COc1ccc(/C=C2\C(=O)NC(=O)N(c3cc4c5c(c3)[C@H](c3ccccc3)CCN5CC[C@@H]4c3ccccc3)C2=O)c(OCc2ccc(Cl)cc2Cl)c1. The lowest BCUT2D eigenvalue weighted by molar-refractivity contribution is -0.122. The average Bonchev–Trinajstić information content (AvgIpc) is 3.17. The number of barbiturate groups is 1. The fourth-order valence-electron chi connectivity index (χ4n) is 7.70. The van der Waals surface area contributed by atoms with Crippen LogP contribution in [0.3, 0.4) is 0 Å². The summed E-state index contributed by atoms with van der Waals surface area (Å²) in [4.78, 5) is 45.1. The van der Waals surface area contributed by atoms with E-state index in [9.17, 15) is 14.4 Å². The van der Waals surface area contributed by atoms with Crippen molar-refractivity contribution < 1.29 is 23.9 Å². The second-order valence-electron chi connectivity index (χ2n) is 13.3. The highest BCUT2D eigenvalue weighted by Gasteiger charge is 2.40. The Balaban J connectivity index is 1.21. The van der Waals surface area contributed by atoms with Crippen LogP contribution in [-0.4, -0.2) is 38.0 Å². The van der Waals surface area contributed by atoms with Crippen molar-refractivity contribution in [3.63, 3.8) is 0 Å². The van der Waals surface area contributed by atoms with Gasteiger partial charge in [-0.05, 0) is 77.6 Å². The molecule has 0 saturated carbocycles. The highest BCUT2D eigenvalue weighted by molar-refractivity contribution is 6.39. The first-order valence-corrected chi connectivity index (χ1v) is 18.2. The molecule has 3 aliphatic heterocycles. The summed E-state index contributed by atoms with van der Waals surface area (Å²) in [5.41, 5.74) is 6.95. The molecule has 2 atom stereocenters. The predicted molar refractivity (Wildman–Crippen MR) is 207 cm³/mol. The van der Waals surface area contributed by atoms with E-state index in [1.807, 2.05) is 48.5 Å². The van der Waals surface area contributed by atoms with Crippen molar-refractivity contribution in [2.75, 3.05) is 30.0 Å². The Morgan fingerprint density at radius 3 is 2.04 bits per heavy atom. The number of rotatable bonds is 8. The van der Waals surface area contributed by atoms with Gasteiger partial charge in [-0.25, -0.2) is 9.69 Å². The van der Waals surface area contributed by atoms with E-state index in [-0.39, 0.29) is 24.0 Å². The van der Waals surface area contributed by atoms with Crippen molar-refractivity contribution in [1.82, 2.24) is 5.32 Å². The number of amides is 4. The first-order valence-electron chi connectivity index (χ1n) is 17.5. The number of methoxy groups -OCH3 is 1. The predicted octanol–water partition coefficient (Wildman–Crippen LogP) is 9.12. The molecule has 8 rings (SSSR count). The van der Waals surface area contributed by atoms with E-state index < -0.39 is 17.8 Å². The van der Waals surface area contributed by atoms with Gasteiger partial charge in [0.25, 0.3) is 11.8 Å². The lowest BCUT2D eigenvalue weighted by Crippen LogP contribution is -2.54. The van der Waals surface area contributed by atoms with Gasteiger partial charge in [0.15, 0.2) is 0 Å². The minimum Gasteiger partial charge on any atom is -0.497 e. The molecule has 0 radical (unpaired) electrons. The van der Waals surface area contributed by atoms with Gasteiger partial charge in [-0.15, -0.1) is 0 Å². The summed E-state index contributed by atoms with van der Waals surface area (Å²) in [5, 5.41) is 3.36. The third-order valence-corrected chi connectivity index (χ3v) is 10.9. The van der Waals surface area contributed by atoms with Gasteiger partial charge in [0.05, 0.1) is 12.8 Å². The Morgan fingerprint density at radius 1 is 0.792 bits per heavy atom. The maximum Gasteiger partial charge on any atom is 0.335 e. The normalized spacial score (nSPS) is 18.8. The Morgan fingerprint density at radius 2 is 1.43 bits per heavy atom. The number of imide groups is 2. The van der Waals surface area contributed by atoms with Gasteiger partial charge in [-0.2, -0.15) is 0 Å². The average molecular weight is 745 g/mol. The molecule has 10 heteroatoms. The van der Waals surface area contributed by atoms with Gasteiger partial charge in [0.2, 0.25) is 0 Å². The van der Waals surface area contributed by atoms with Gasteiger partial charge in [-0.3, -0.25) is 14.9 Å². The fraction of sp³-hybridized carbons (Fsp3) is 0.186. The van der Waals surface area contributed by atoms with E-state index in [0.717, 1.165) is 47.6 Å². The molecular weight excluding hydrogens is 709 g/mol. The molecule has 0 spiro atoms. The van der Waals surface area contributed by atoms with Crippen LogP contribution in [0.2, 0.25) is 10.0 Å². The summed E-state index contributed by atoms with van der Waals surface area (Å²) in [6.45, 7) is 1.90. The van der Waals surface area contributed by atoms with Crippen molar-refractivity contribution in [2.24, 2.45) is 0 Å². The van der Waals surface area contributed by atoms with Crippen LogP contribution in [0.4, 0.5) is 16.2 Å². The summed E-state index contributed by atoms with van der Waals surface area (Å²) in [5.74, 6) is -0.551. The van der Waals surface area contributed by atoms with Crippen molar-refractivity contribution in [2.45, 2.75) is 31.3 Å². The summed E-state index contributed by atoms with van der Waals surface area (Å²) in [7, 11) is 1.53. The lowest BCUT2D eigenvalue weighted by Gasteiger charge is -2.44. The lowest BCUT2D eigenvalue weighted by atomic mass is 9.76. The second-order valence-corrected chi connectivity index (χ2v) is 14.2. The highest BCUT2D eigenvalue weighted by atomic mass is 35.5. The maximum atomic E-state index is 14.5. The van der Waals surface area contributed by atoms with E-state index in [0.29, 0.717) is 38.4 Å². The molecule has 0 unspecified atom stereocenters. The molecule has 53 heavy (non-hydrogen) atoms. The van der Waals surface area contributed by atoms with E-state index >= 15 is 0 Å². The van der Waals surface area contributed by atoms with E-state index in [1.54, 1.807) is 36.4 Å². The Kier molecular flexibility index (Phi) is 9.41. The zero-order valence-electron chi connectivity index (χ0n) is 28.9. The molecule has 5 aromatic carbocycles. The van der Waals surface area contributed by atoms with Crippen molar-refractivity contribution in [1.29, 1.82) is 0 Å². The molecule has 0 bridgehead atoms. The number of urea groups is 1. The van der Waals surface area contributed by atoms with Crippen molar-refractivity contribution >= 4 is 58.5 Å². The fourth-order valence-corrected chi connectivity index (χ4v) is 8.16. The quantitative estimate of drug-likeness (QED) is 0.126. The number of hydrogen-bond donors (Lipinski definition) is 1. The monoisotopic (exact) mass is 743 g/mol. The molecule has 1 N–H and O–H groups in total. The third-order valence-electron chi connectivity index (χ3n) is 10.3. The van der Waals surface area contributed by atoms with Crippen LogP contribution in [0.1, 0.15) is 58.1 Å². The molecule has 5 aromatic rings. The van der Waals surface area contributed by atoms with Gasteiger partial charge in [0, 0.05) is 57.9 Å². The third kappa shape index (κ3) is 6.65. The largest absolute Gasteiger partial charge is 0.497 e. The number of halogens is 2. The minimum atomic E-state index is -0.802. The van der Waals surface area contributed by atoms with Crippen LogP contribution >= 0.6 is 23.2 Å². The van der Waals surface area contributed by atoms with Crippen LogP contribution in [-0.2, 0) is 16.2 Å². The van der Waals surface area contributed by atoms with Gasteiger partial charge >= 0.3 is 6.03 Å². The van der Waals surface area contributed by atoms with Crippen LogP contribution in [0.5, 0.6) is 11.5 Å². The van der Waals surface area contributed by atoms with Crippen LogP contribution in [0.15, 0.2) is 115 Å². The molecule has 3 heterocycles. The summed E-state index contributed by atoms with van der Waals surface area (Å²) >= 11 is 12.5. The Bertz CT molecular complexity index is 2200. The highest BCUT2D eigenvalue weighted by Crippen LogP contribution is 2.50. The van der Waals surface area contributed by atoms with E-state index in [2.05, 4.69) is 34.5 Å². The van der Waals surface area contributed by atoms with Crippen LogP contribution in [0, 0.1) is 0 Å². The number of carbonyl (C=O) groups is 3. The number of carbonyl (C=O) groups excluding carboxylic acids is 3. The van der Waals surface area contributed by atoms with Crippen molar-refractivity contribution in [3.05, 3.63) is 158 Å². The van der Waals surface area contributed by atoms with Crippen LogP contribution in [0.25, 0.3) is 6.08 Å². The number of nitrogens with one attached hydrogen (secondary N) is 1. The second kappa shape index (κ2) is 14.5. The first-order chi connectivity index (χ1) is 25.8. The summed E-state index contributed by atoms with van der Waals surface area (Å²) < 4.78 is 11.6. The zero-order valence-corrected chi connectivity index (χ0v) is 30.4. The number of nitrogens with zero attached hydrogens (tertiary/aromatic N) is 2. The molecule has 4 amide bonds. The number of ether oxygens (including phenoxy) is 2. The minimum absolute atomic E-state index is 0.0587. The molecule has 1 fully saturated rings. The molecule has 266 valence electrons. The Hall–Kier alpha value is -5.57. The van der Waals surface area contributed by atoms with E-state index in [4.69, 9.17) is 32.7 Å². The van der Waals surface area contributed by atoms with Gasteiger partial charge < -0.3 is 14.4 Å². The summed E-state index contributed by atoms with van der Waals surface area (Å²) in [6, 6.07) is 34.0. The number of benzene rings is 5. The van der Waals surface area contributed by atoms with Crippen LogP contribution < -0.4 is 24.6 Å². The zero-order chi connectivity index (χ0) is 36.6. The van der Waals surface area contributed by atoms with Crippen molar-refractivity contribution in [3.8, 4) is 11.5 Å². The molecule has 0 aliphatic carbocycles. The topological polar surface area (TPSA) is 88.2 Å². The molecule has 8 nitrogen and oxygen atoms in total. The first kappa shape index (κ1) is 34.5. The van der Waals surface area contributed by atoms with Gasteiger partial charge in [0.1, 0.15) is 23.7 Å². The van der Waals surface area contributed by atoms with E-state index in [1.165, 1.54) is 24.3 Å². The number of anilines is 2. The number of hydrogen-bond acceptors (Lipinski definition) is 6. The maximum absolute atomic E-state index is 14.5.